The van der Waals surface area contributed by atoms with Gasteiger partial charge in [0.1, 0.15) is 13.1 Å². The predicted octanol–water partition coefficient (Wildman–Crippen LogP) is 2.36. The van der Waals surface area contributed by atoms with E-state index in [1.54, 1.807) is 0 Å². The number of nitrogens with zero attached hydrogens (tertiary/aromatic N) is 4. The summed E-state index contributed by atoms with van der Waals surface area (Å²) in [6, 6.07) is 21.8. The van der Waals surface area contributed by atoms with Gasteiger partial charge in [0.05, 0.1) is 13.1 Å². The first kappa shape index (κ1) is 18.2. The SMILES string of the molecule is C1=[N+]2CCN1CCN(Cc1ccccc1)CCN(Cc1ccccc1)CC2. The van der Waals surface area contributed by atoms with E-state index in [1.807, 2.05) is 0 Å². The second-order valence-corrected chi connectivity index (χ2v) is 7.71. The first-order valence-corrected chi connectivity index (χ1v) is 10.2. The summed E-state index contributed by atoms with van der Waals surface area (Å²) in [4.78, 5) is 7.73. The van der Waals surface area contributed by atoms with Crippen molar-refractivity contribution in [1.82, 2.24) is 14.7 Å². The van der Waals surface area contributed by atoms with E-state index in [9.17, 15) is 0 Å². The zero-order chi connectivity index (χ0) is 18.3. The normalized spacial score (nSPS) is 19.6. The Bertz CT molecular complexity index is 729. The van der Waals surface area contributed by atoms with Crippen LogP contribution in [0.15, 0.2) is 60.7 Å². The van der Waals surface area contributed by atoms with Gasteiger partial charge in [-0.3, -0.25) is 19.3 Å². The molecule has 142 valence electrons. The van der Waals surface area contributed by atoms with Gasteiger partial charge in [-0.05, 0) is 11.1 Å². The number of rotatable bonds is 4. The van der Waals surface area contributed by atoms with Gasteiger partial charge in [0, 0.05) is 39.3 Å². The molecule has 2 aromatic rings. The van der Waals surface area contributed by atoms with Gasteiger partial charge < -0.3 is 0 Å². The van der Waals surface area contributed by atoms with E-state index in [4.69, 9.17) is 0 Å². The Hall–Kier alpha value is -2.17. The Morgan fingerprint density at radius 2 is 1.11 bits per heavy atom. The average Bonchev–Trinajstić information content (AvgIpc) is 3.15. The Morgan fingerprint density at radius 3 is 1.74 bits per heavy atom. The van der Waals surface area contributed by atoms with Crippen molar-refractivity contribution >= 4 is 6.34 Å². The van der Waals surface area contributed by atoms with Crippen molar-refractivity contribution in [2.75, 3.05) is 52.4 Å². The van der Waals surface area contributed by atoms with Gasteiger partial charge in [0.2, 0.25) is 6.34 Å². The molecule has 4 rings (SSSR count). The molecular formula is C23H31N4+. The summed E-state index contributed by atoms with van der Waals surface area (Å²) in [6.07, 6.45) is 2.35. The van der Waals surface area contributed by atoms with Crippen LogP contribution in [0.2, 0.25) is 0 Å². The van der Waals surface area contributed by atoms with Gasteiger partial charge in [-0.25, -0.2) is 0 Å². The lowest BCUT2D eigenvalue weighted by atomic mass is 10.2. The maximum Gasteiger partial charge on any atom is 0.234 e. The molecule has 2 bridgehead atoms. The van der Waals surface area contributed by atoms with E-state index in [0.29, 0.717) is 0 Å². The van der Waals surface area contributed by atoms with Crippen LogP contribution in [-0.4, -0.2) is 78.0 Å². The molecule has 0 aromatic heterocycles. The van der Waals surface area contributed by atoms with Crippen molar-refractivity contribution in [2.45, 2.75) is 13.1 Å². The van der Waals surface area contributed by atoms with E-state index in [2.05, 4.69) is 86.3 Å². The zero-order valence-electron chi connectivity index (χ0n) is 16.2. The molecular weight excluding hydrogens is 332 g/mol. The summed E-state index contributed by atoms with van der Waals surface area (Å²) in [6.45, 7) is 11.1. The summed E-state index contributed by atoms with van der Waals surface area (Å²) in [5.74, 6) is 0. The highest BCUT2D eigenvalue weighted by atomic mass is 15.3. The summed E-state index contributed by atoms with van der Waals surface area (Å²) in [5.41, 5.74) is 2.82. The number of hydrogen-bond acceptors (Lipinski definition) is 3. The first-order valence-electron chi connectivity index (χ1n) is 10.2. The van der Waals surface area contributed by atoms with Crippen LogP contribution < -0.4 is 0 Å². The maximum atomic E-state index is 2.62. The Kier molecular flexibility index (Phi) is 6.17. The highest BCUT2D eigenvalue weighted by molar-refractivity contribution is 5.50. The van der Waals surface area contributed by atoms with Crippen LogP contribution in [0.5, 0.6) is 0 Å². The zero-order valence-corrected chi connectivity index (χ0v) is 16.2. The smallest absolute Gasteiger partial charge is 0.234 e. The summed E-state index contributed by atoms with van der Waals surface area (Å²) < 4.78 is 2.49. The summed E-state index contributed by atoms with van der Waals surface area (Å²) in [5, 5.41) is 0. The quantitative estimate of drug-likeness (QED) is 0.774. The van der Waals surface area contributed by atoms with E-state index < -0.39 is 0 Å². The number of fused-ring (bicyclic) bond motifs is 1. The van der Waals surface area contributed by atoms with Crippen molar-refractivity contribution < 1.29 is 4.58 Å². The van der Waals surface area contributed by atoms with E-state index >= 15 is 0 Å². The van der Waals surface area contributed by atoms with Crippen LogP contribution in [0, 0.1) is 0 Å². The van der Waals surface area contributed by atoms with Crippen LogP contribution >= 0.6 is 0 Å². The van der Waals surface area contributed by atoms with Gasteiger partial charge >= 0.3 is 0 Å². The Balaban J connectivity index is 1.45. The Labute approximate surface area is 163 Å². The Morgan fingerprint density at radius 1 is 0.593 bits per heavy atom. The fourth-order valence-electron chi connectivity index (χ4n) is 3.99. The molecule has 2 heterocycles. The third-order valence-electron chi connectivity index (χ3n) is 5.64. The van der Waals surface area contributed by atoms with Gasteiger partial charge in [-0.15, -0.1) is 0 Å². The lowest BCUT2D eigenvalue weighted by Gasteiger charge is -2.28. The molecule has 0 saturated heterocycles. The minimum atomic E-state index is 1.04. The van der Waals surface area contributed by atoms with Crippen molar-refractivity contribution in [3.05, 3.63) is 71.8 Å². The molecule has 0 fully saturated rings. The third kappa shape index (κ3) is 5.41. The monoisotopic (exact) mass is 363 g/mol. The van der Waals surface area contributed by atoms with Crippen LogP contribution in [0.4, 0.5) is 0 Å². The molecule has 2 aliphatic heterocycles. The molecule has 2 aliphatic rings. The van der Waals surface area contributed by atoms with E-state index in [0.717, 1.165) is 65.4 Å². The largest absolute Gasteiger partial charge is 0.294 e. The maximum absolute atomic E-state index is 2.62. The molecule has 0 amide bonds. The van der Waals surface area contributed by atoms with E-state index in [1.165, 1.54) is 11.1 Å². The molecule has 2 aromatic carbocycles. The van der Waals surface area contributed by atoms with Crippen molar-refractivity contribution in [1.29, 1.82) is 0 Å². The van der Waals surface area contributed by atoms with Crippen LogP contribution in [0.25, 0.3) is 0 Å². The molecule has 0 atom stereocenters. The number of hydrogen-bond donors (Lipinski definition) is 0. The van der Waals surface area contributed by atoms with Crippen LogP contribution in [0.1, 0.15) is 11.1 Å². The van der Waals surface area contributed by atoms with Crippen LogP contribution in [0.3, 0.4) is 0 Å². The highest BCUT2D eigenvalue weighted by Crippen LogP contribution is 2.09. The van der Waals surface area contributed by atoms with Gasteiger partial charge in [-0.2, -0.15) is 0 Å². The van der Waals surface area contributed by atoms with Gasteiger partial charge in [-0.1, -0.05) is 60.7 Å². The van der Waals surface area contributed by atoms with Gasteiger partial charge in [0.25, 0.3) is 0 Å². The minimum absolute atomic E-state index is 1.04. The molecule has 27 heavy (non-hydrogen) atoms. The average molecular weight is 364 g/mol. The lowest BCUT2D eigenvalue weighted by Crippen LogP contribution is -2.39. The molecule has 4 nitrogen and oxygen atoms in total. The molecule has 0 N–H and O–H groups in total. The summed E-state index contributed by atoms with van der Waals surface area (Å²) in [7, 11) is 0. The summed E-state index contributed by atoms with van der Waals surface area (Å²) >= 11 is 0. The van der Waals surface area contributed by atoms with Gasteiger partial charge in [0.15, 0.2) is 0 Å². The second kappa shape index (κ2) is 9.16. The fourth-order valence-corrected chi connectivity index (χ4v) is 3.99. The molecule has 0 aliphatic carbocycles. The predicted molar refractivity (Wildman–Crippen MR) is 111 cm³/mol. The number of benzene rings is 2. The molecule has 0 radical (unpaired) electrons. The highest BCUT2D eigenvalue weighted by Gasteiger charge is 2.22. The molecule has 4 heteroatoms. The molecule has 0 saturated carbocycles. The molecule has 0 spiro atoms. The second-order valence-electron chi connectivity index (χ2n) is 7.71. The fraction of sp³-hybridized carbons (Fsp3) is 0.435. The first-order chi connectivity index (χ1) is 13.3. The standard InChI is InChI=1S/C23H31N4/c1-3-7-22(8-4-1)19-24-11-12-25(20-23-9-5-2-6-10-23)14-16-27-18-17-26(21-27)15-13-24/h1-10,21H,11-20H2/q+1. The minimum Gasteiger partial charge on any atom is -0.294 e. The van der Waals surface area contributed by atoms with Crippen LogP contribution in [-0.2, 0) is 13.1 Å². The van der Waals surface area contributed by atoms with E-state index in [-0.39, 0.29) is 0 Å². The topological polar surface area (TPSA) is 12.7 Å². The van der Waals surface area contributed by atoms with Crippen molar-refractivity contribution in [3.8, 4) is 0 Å². The van der Waals surface area contributed by atoms with Crippen molar-refractivity contribution in [2.24, 2.45) is 0 Å². The molecule has 0 unspecified atom stereocenters. The van der Waals surface area contributed by atoms with Crippen molar-refractivity contribution in [3.63, 3.8) is 0 Å². The third-order valence-corrected chi connectivity index (χ3v) is 5.64. The lowest BCUT2D eigenvalue weighted by molar-refractivity contribution is -0.514.